The van der Waals surface area contributed by atoms with Crippen LogP contribution in [0.1, 0.15) is 26.9 Å². The van der Waals surface area contributed by atoms with E-state index in [1.54, 1.807) is 29.7 Å². The largest absolute Gasteiger partial charge is 0.345 e. The lowest BCUT2D eigenvalue weighted by molar-refractivity contribution is 0.627. The molecule has 0 saturated heterocycles. The van der Waals surface area contributed by atoms with Crippen LogP contribution in [0, 0.1) is 19.7 Å². The zero-order chi connectivity index (χ0) is 15.0. The van der Waals surface area contributed by atoms with Crippen molar-refractivity contribution in [2.75, 3.05) is 0 Å². The second-order valence-electron chi connectivity index (χ2n) is 4.93. The molecule has 1 aliphatic heterocycles. The smallest absolute Gasteiger partial charge is 0.133 e. The molecule has 116 valence electrons. The molecule has 1 aliphatic rings. The van der Waals surface area contributed by atoms with Gasteiger partial charge < -0.3 is 5.32 Å². The lowest BCUT2D eigenvalue weighted by atomic mass is 10.1. The molecule has 0 fully saturated rings. The van der Waals surface area contributed by atoms with Crippen molar-refractivity contribution >= 4 is 41.2 Å². The highest BCUT2D eigenvalue weighted by Crippen LogP contribution is 2.36. The van der Waals surface area contributed by atoms with Crippen molar-refractivity contribution in [2.45, 2.75) is 19.9 Å². The third-order valence-corrected chi connectivity index (χ3v) is 4.66. The summed E-state index contributed by atoms with van der Waals surface area (Å²) in [6, 6.07) is 8.19. The molecule has 22 heavy (non-hydrogen) atoms. The molecule has 1 aromatic heterocycles. The molecule has 6 heteroatoms. The second-order valence-corrected chi connectivity index (χ2v) is 6.83. The predicted molar refractivity (Wildman–Crippen MR) is 93.8 cm³/mol. The third kappa shape index (κ3) is 3.35. The van der Waals surface area contributed by atoms with Crippen molar-refractivity contribution in [3.8, 4) is 0 Å². The maximum Gasteiger partial charge on any atom is 0.133 e. The van der Waals surface area contributed by atoms with Gasteiger partial charge in [0, 0.05) is 21.5 Å². The molecule has 2 aromatic rings. The minimum absolute atomic E-state index is 0. The van der Waals surface area contributed by atoms with Gasteiger partial charge >= 0.3 is 0 Å². The minimum Gasteiger partial charge on any atom is -0.345 e. The van der Waals surface area contributed by atoms with E-state index in [4.69, 9.17) is 16.6 Å². The fourth-order valence-corrected chi connectivity index (χ4v) is 3.53. The van der Waals surface area contributed by atoms with E-state index in [0.29, 0.717) is 10.9 Å². The summed E-state index contributed by atoms with van der Waals surface area (Å²) in [6.07, 6.45) is 1.75. The number of halogens is 3. The van der Waals surface area contributed by atoms with E-state index in [2.05, 4.69) is 25.2 Å². The molecule has 0 radical (unpaired) electrons. The number of hydrogen-bond donors (Lipinski definition) is 1. The van der Waals surface area contributed by atoms with Crippen LogP contribution < -0.4 is 5.32 Å². The monoisotopic (exact) mass is 356 g/mol. The molecule has 1 aromatic carbocycles. The average molecular weight is 357 g/mol. The van der Waals surface area contributed by atoms with Crippen molar-refractivity contribution in [3.05, 3.63) is 68.3 Å². The van der Waals surface area contributed by atoms with Gasteiger partial charge in [-0.2, -0.15) is 0 Å². The van der Waals surface area contributed by atoms with E-state index in [-0.39, 0.29) is 24.3 Å². The molecule has 1 atom stereocenters. The fourth-order valence-electron chi connectivity index (χ4n) is 2.35. The minimum atomic E-state index is -0.260. The van der Waals surface area contributed by atoms with E-state index in [9.17, 15) is 4.39 Å². The second kappa shape index (κ2) is 6.82. The van der Waals surface area contributed by atoms with E-state index in [1.165, 1.54) is 21.9 Å². The van der Waals surface area contributed by atoms with E-state index in [0.717, 1.165) is 11.1 Å². The maximum absolute atomic E-state index is 13.0. The Morgan fingerprint density at radius 3 is 2.50 bits per heavy atom. The Kier molecular flexibility index (Phi) is 5.27. The summed E-state index contributed by atoms with van der Waals surface area (Å²) in [7, 11) is 0. The predicted octanol–water partition coefficient (Wildman–Crippen LogP) is 5.10. The van der Waals surface area contributed by atoms with Gasteiger partial charge in [-0.1, -0.05) is 11.6 Å². The molecular formula is C16H15Cl2FN2S. The first-order valence-electron chi connectivity index (χ1n) is 6.57. The van der Waals surface area contributed by atoms with Gasteiger partial charge in [0.05, 0.1) is 5.03 Å². The van der Waals surface area contributed by atoms with Crippen LogP contribution in [0.25, 0.3) is 0 Å². The van der Waals surface area contributed by atoms with Crippen molar-refractivity contribution in [3.63, 3.8) is 0 Å². The molecular weight excluding hydrogens is 342 g/mol. The van der Waals surface area contributed by atoms with Gasteiger partial charge in [0.25, 0.3) is 0 Å². The Bertz CT molecular complexity index is 735. The maximum atomic E-state index is 13.0. The van der Waals surface area contributed by atoms with Gasteiger partial charge in [0.15, 0.2) is 0 Å². The first kappa shape index (κ1) is 17.0. The van der Waals surface area contributed by atoms with Crippen LogP contribution in [0.2, 0.25) is 0 Å². The van der Waals surface area contributed by atoms with Crippen LogP contribution in [0.3, 0.4) is 0 Å². The van der Waals surface area contributed by atoms with Crippen LogP contribution in [0.5, 0.6) is 0 Å². The summed E-state index contributed by atoms with van der Waals surface area (Å²) in [4.78, 5) is 7.15. The van der Waals surface area contributed by atoms with E-state index >= 15 is 0 Å². The Morgan fingerprint density at radius 1 is 1.23 bits per heavy atom. The normalized spacial score (nSPS) is 17.2. The number of hydrogen-bond acceptors (Lipinski definition) is 3. The van der Waals surface area contributed by atoms with Crippen molar-refractivity contribution in [1.29, 1.82) is 0 Å². The molecule has 3 rings (SSSR count). The van der Waals surface area contributed by atoms with Gasteiger partial charge in [-0.05, 0) is 49.7 Å². The van der Waals surface area contributed by atoms with Crippen molar-refractivity contribution in [1.82, 2.24) is 5.32 Å². The molecule has 1 unspecified atom stereocenters. The van der Waals surface area contributed by atoms with Gasteiger partial charge in [0.1, 0.15) is 17.7 Å². The van der Waals surface area contributed by atoms with Crippen LogP contribution in [-0.4, -0.2) is 5.84 Å². The molecule has 0 aliphatic carbocycles. The van der Waals surface area contributed by atoms with E-state index in [1.807, 2.05) is 0 Å². The first-order chi connectivity index (χ1) is 10.0. The molecule has 1 N–H and O–H groups in total. The molecule has 0 bridgehead atoms. The number of thiophene rings is 1. The summed E-state index contributed by atoms with van der Waals surface area (Å²) in [5.74, 6) is 0.442. The third-order valence-electron chi connectivity index (χ3n) is 3.36. The fraction of sp³-hybridized carbons (Fsp3) is 0.188. The van der Waals surface area contributed by atoms with Gasteiger partial charge in [0.2, 0.25) is 0 Å². The summed E-state index contributed by atoms with van der Waals surface area (Å²) in [5, 5.41) is 3.72. The topological polar surface area (TPSA) is 24.4 Å². The number of nitrogens with zero attached hydrogens (tertiary/aromatic N) is 1. The van der Waals surface area contributed by atoms with E-state index < -0.39 is 0 Å². The Balaban J connectivity index is 0.00000176. The highest BCUT2D eigenvalue weighted by Gasteiger charge is 2.22. The van der Waals surface area contributed by atoms with Gasteiger partial charge in [-0.15, -0.1) is 23.7 Å². The molecule has 0 amide bonds. The summed E-state index contributed by atoms with van der Waals surface area (Å²) in [5.41, 5.74) is 1.96. The Labute approximate surface area is 144 Å². The first-order valence-corrected chi connectivity index (χ1v) is 7.77. The van der Waals surface area contributed by atoms with Crippen LogP contribution >= 0.6 is 35.3 Å². The summed E-state index contributed by atoms with van der Waals surface area (Å²) >= 11 is 8.05. The molecule has 2 nitrogen and oxygen atoms in total. The zero-order valence-electron chi connectivity index (χ0n) is 12.1. The SMILES string of the molecule is Cc1cc(C2N=C(c3ccc(F)cc3)NC=C2Cl)c(C)s1.Cl. The lowest BCUT2D eigenvalue weighted by Crippen LogP contribution is -2.24. The molecule has 0 saturated carbocycles. The van der Waals surface area contributed by atoms with Crippen molar-refractivity contribution in [2.24, 2.45) is 4.99 Å². The average Bonchev–Trinajstić information content (AvgIpc) is 2.79. The number of nitrogens with one attached hydrogen (secondary N) is 1. The lowest BCUT2D eigenvalue weighted by Gasteiger charge is -2.20. The number of amidine groups is 1. The number of aliphatic imine (C=N–C) groups is 1. The van der Waals surface area contributed by atoms with Gasteiger partial charge in [-0.25, -0.2) is 4.39 Å². The van der Waals surface area contributed by atoms with Crippen LogP contribution in [0.15, 0.2) is 46.6 Å². The Morgan fingerprint density at radius 2 is 1.91 bits per heavy atom. The number of rotatable bonds is 2. The van der Waals surface area contributed by atoms with Crippen molar-refractivity contribution < 1.29 is 4.39 Å². The van der Waals surface area contributed by atoms with Crippen LogP contribution in [-0.2, 0) is 0 Å². The van der Waals surface area contributed by atoms with Gasteiger partial charge in [-0.3, -0.25) is 4.99 Å². The summed E-state index contributed by atoms with van der Waals surface area (Å²) < 4.78 is 13.0. The highest BCUT2D eigenvalue weighted by molar-refractivity contribution is 7.12. The Hall–Kier alpha value is -1.36. The quantitative estimate of drug-likeness (QED) is 0.795. The molecule has 2 heterocycles. The summed E-state index contributed by atoms with van der Waals surface area (Å²) in [6.45, 7) is 4.15. The highest BCUT2D eigenvalue weighted by atomic mass is 35.5. The zero-order valence-corrected chi connectivity index (χ0v) is 14.5. The molecule has 0 spiro atoms. The van der Waals surface area contributed by atoms with Crippen LogP contribution in [0.4, 0.5) is 4.39 Å². The standard InChI is InChI=1S/C16H14ClFN2S.ClH/c1-9-7-13(10(2)21-9)15-14(17)8-19-16(20-15)11-3-5-12(18)6-4-11;/h3-8,15H,1-2H3,(H,19,20);1H. The number of benzene rings is 1. The number of aryl methyl sites for hydroxylation is 2.